The Morgan fingerprint density at radius 1 is 1.28 bits per heavy atom. The lowest BCUT2D eigenvalue weighted by Gasteiger charge is -2.35. The smallest absolute Gasteiger partial charge is 0.251 e. The van der Waals surface area contributed by atoms with Gasteiger partial charge in [0.25, 0.3) is 5.91 Å². The molecule has 0 saturated carbocycles. The topological polar surface area (TPSA) is 97.4 Å². The first-order chi connectivity index (χ1) is 8.72. The summed E-state index contributed by atoms with van der Waals surface area (Å²) in [7, 11) is 0. The van der Waals surface area contributed by atoms with Gasteiger partial charge in [-0.25, -0.2) is 0 Å². The number of ether oxygens (including phenoxy) is 2. The molecule has 3 N–H and O–H groups in total. The molecule has 0 aliphatic carbocycles. The molecule has 2 atom stereocenters. The fraction of sp³-hybridized carbons (Fsp3) is 0.818. The van der Waals surface area contributed by atoms with E-state index in [1.807, 2.05) is 0 Å². The van der Waals surface area contributed by atoms with Crippen molar-refractivity contribution < 1.29 is 19.5 Å². The van der Waals surface area contributed by atoms with Crippen molar-refractivity contribution in [2.75, 3.05) is 26.3 Å². The Labute approximate surface area is 106 Å². The number of oxime groups is 1. The van der Waals surface area contributed by atoms with Crippen molar-refractivity contribution in [1.29, 1.82) is 0 Å². The Morgan fingerprint density at radius 2 is 2.06 bits per heavy atom. The molecule has 0 spiro atoms. The Hall–Kier alpha value is -1.34. The fourth-order valence-electron chi connectivity index (χ4n) is 2.23. The molecule has 1 amide bonds. The summed E-state index contributed by atoms with van der Waals surface area (Å²) in [5, 5.41) is 11.5. The van der Waals surface area contributed by atoms with Gasteiger partial charge in [-0.05, 0) is 19.3 Å². The number of amidine groups is 1. The van der Waals surface area contributed by atoms with Gasteiger partial charge in [-0.3, -0.25) is 4.79 Å². The van der Waals surface area contributed by atoms with E-state index >= 15 is 0 Å². The molecule has 2 fully saturated rings. The Balaban J connectivity index is 1.93. The normalized spacial score (nSPS) is 30.2. The highest BCUT2D eigenvalue weighted by atomic mass is 16.5. The summed E-state index contributed by atoms with van der Waals surface area (Å²) in [6.45, 7) is 1.87. The molecule has 2 rings (SSSR count). The van der Waals surface area contributed by atoms with Gasteiger partial charge in [0.1, 0.15) is 12.2 Å². The van der Waals surface area contributed by atoms with Crippen LogP contribution in [0.5, 0.6) is 0 Å². The average molecular weight is 257 g/mol. The van der Waals surface area contributed by atoms with Gasteiger partial charge in [-0.15, -0.1) is 0 Å². The van der Waals surface area contributed by atoms with Crippen molar-refractivity contribution in [2.24, 2.45) is 10.9 Å². The van der Waals surface area contributed by atoms with Crippen molar-refractivity contribution >= 4 is 11.7 Å². The van der Waals surface area contributed by atoms with Crippen LogP contribution in [0.3, 0.4) is 0 Å². The summed E-state index contributed by atoms with van der Waals surface area (Å²) >= 11 is 0. The lowest BCUT2D eigenvalue weighted by atomic mass is 10.1. The number of carbonyl (C=O) groups is 1. The maximum atomic E-state index is 12.2. The van der Waals surface area contributed by atoms with Gasteiger partial charge < -0.3 is 25.3 Å². The van der Waals surface area contributed by atoms with Gasteiger partial charge in [-0.2, -0.15) is 0 Å². The number of morpholine rings is 1. The van der Waals surface area contributed by atoms with Crippen LogP contribution in [0.1, 0.15) is 19.3 Å². The summed E-state index contributed by atoms with van der Waals surface area (Å²) in [4.78, 5) is 13.9. The number of amides is 1. The Kier molecular flexibility index (Phi) is 4.38. The summed E-state index contributed by atoms with van der Waals surface area (Å²) in [6, 6.07) is 0. The maximum Gasteiger partial charge on any atom is 0.251 e. The SMILES string of the molecule is N/C(=N\O)C1CN(C(=O)C2CCCCO2)CCO1. The van der Waals surface area contributed by atoms with Crippen LogP contribution in [0.25, 0.3) is 0 Å². The number of nitrogens with zero attached hydrogens (tertiary/aromatic N) is 2. The third kappa shape index (κ3) is 2.91. The molecule has 0 bridgehead atoms. The number of hydrogen-bond donors (Lipinski definition) is 2. The monoisotopic (exact) mass is 257 g/mol. The van der Waals surface area contributed by atoms with Crippen molar-refractivity contribution in [3.05, 3.63) is 0 Å². The molecular formula is C11H19N3O4. The molecule has 2 heterocycles. The van der Waals surface area contributed by atoms with E-state index in [4.69, 9.17) is 20.4 Å². The van der Waals surface area contributed by atoms with Gasteiger partial charge in [0.15, 0.2) is 5.84 Å². The van der Waals surface area contributed by atoms with Crippen LogP contribution in [0.2, 0.25) is 0 Å². The van der Waals surface area contributed by atoms with E-state index in [9.17, 15) is 4.79 Å². The zero-order chi connectivity index (χ0) is 13.0. The summed E-state index contributed by atoms with van der Waals surface area (Å²) in [5.41, 5.74) is 5.49. The Bertz CT molecular complexity index is 328. The molecule has 0 aromatic heterocycles. The van der Waals surface area contributed by atoms with E-state index in [-0.39, 0.29) is 17.8 Å². The summed E-state index contributed by atoms with van der Waals surface area (Å²) < 4.78 is 10.8. The quantitative estimate of drug-likeness (QED) is 0.302. The lowest BCUT2D eigenvalue weighted by molar-refractivity contribution is -0.151. The first-order valence-corrected chi connectivity index (χ1v) is 6.22. The number of carbonyl (C=O) groups excluding carboxylic acids is 1. The van der Waals surface area contributed by atoms with Crippen molar-refractivity contribution in [3.63, 3.8) is 0 Å². The molecule has 2 unspecified atom stereocenters. The fourth-order valence-corrected chi connectivity index (χ4v) is 2.23. The van der Waals surface area contributed by atoms with E-state index < -0.39 is 6.10 Å². The first kappa shape index (κ1) is 13.1. The van der Waals surface area contributed by atoms with E-state index in [0.717, 1.165) is 19.3 Å². The second-order valence-corrected chi connectivity index (χ2v) is 4.52. The zero-order valence-electron chi connectivity index (χ0n) is 10.2. The average Bonchev–Trinajstić information content (AvgIpc) is 2.46. The van der Waals surface area contributed by atoms with Crippen LogP contribution >= 0.6 is 0 Å². The van der Waals surface area contributed by atoms with Crippen molar-refractivity contribution in [3.8, 4) is 0 Å². The van der Waals surface area contributed by atoms with E-state index in [1.54, 1.807) is 4.90 Å². The summed E-state index contributed by atoms with van der Waals surface area (Å²) in [6.07, 6.45) is 1.93. The van der Waals surface area contributed by atoms with Crippen LogP contribution < -0.4 is 5.73 Å². The van der Waals surface area contributed by atoms with Crippen LogP contribution in [0.15, 0.2) is 5.16 Å². The minimum absolute atomic E-state index is 0.00272. The van der Waals surface area contributed by atoms with Crippen LogP contribution in [-0.2, 0) is 14.3 Å². The highest BCUT2D eigenvalue weighted by Gasteiger charge is 2.32. The first-order valence-electron chi connectivity index (χ1n) is 6.22. The molecule has 0 aromatic rings. The molecule has 2 aliphatic heterocycles. The predicted octanol–water partition coefficient (Wildman–Crippen LogP) is -0.471. The molecule has 7 heteroatoms. The molecule has 2 aliphatic rings. The maximum absolute atomic E-state index is 12.2. The zero-order valence-corrected chi connectivity index (χ0v) is 10.2. The molecule has 18 heavy (non-hydrogen) atoms. The molecule has 0 aromatic carbocycles. The molecule has 2 saturated heterocycles. The highest BCUT2D eigenvalue weighted by molar-refractivity contribution is 5.86. The van der Waals surface area contributed by atoms with E-state index in [1.165, 1.54) is 0 Å². The van der Waals surface area contributed by atoms with Gasteiger partial charge in [0, 0.05) is 13.2 Å². The van der Waals surface area contributed by atoms with Gasteiger partial charge in [-0.1, -0.05) is 5.16 Å². The molecular weight excluding hydrogens is 238 g/mol. The number of rotatable bonds is 2. The third-order valence-electron chi connectivity index (χ3n) is 3.28. The third-order valence-corrected chi connectivity index (χ3v) is 3.28. The molecule has 7 nitrogen and oxygen atoms in total. The van der Waals surface area contributed by atoms with Crippen molar-refractivity contribution in [1.82, 2.24) is 4.90 Å². The van der Waals surface area contributed by atoms with Crippen LogP contribution in [-0.4, -0.2) is 60.4 Å². The molecule has 102 valence electrons. The van der Waals surface area contributed by atoms with Crippen molar-refractivity contribution in [2.45, 2.75) is 31.5 Å². The van der Waals surface area contributed by atoms with Gasteiger partial charge in [0.2, 0.25) is 0 Å². The number of nitrogens with two attached hydrogens (primary N) is 1. The van der Waals surface area contributed by atoms with Crippen LogP contribution in [0.4, 0.5) is 0 Å². The molecule has 0 radical (unpaired) electrons. The van der Waals surface area contributed by atoms with Crippen LogP contribution in [0, 0.1) is 0 Å². The second-order valence-electron chi connectivity index (χ2n) is 4.52. The van der Waals surface area contributed by atoms with Gasteiger partial charge in [0.05, 0.1) is 13.2 Å². The number of hydrogen-bond acceptors (Lipinski definition) is 5. The largest absolute Gasteiger partial charge is 0.409 e. The second kappa shape index (κ2) is 6.01. The predicted molar refractivity (Wildman–Crippen MR) is 63.3 cm³/mol. The lowest BCUT2D eigenvalue weighted by Crippen LogP contribution is -2.53. The highest BCUT2D eigenvalue weighted by Crippen LogP contribution is 2.17. The summed E-state index contributed by atoms with van der Waals surface area (Å²) in [5.74, 6) is -0.0224. The van der Waals surface area contributed by atoms with E-state index in [2.05, 4.69) is 5.16 Å². The van der Waals surface area contributed by atoms with Gasteiger partial charge >= 0.3 is 0 Å². The minimum Gasteiger partial charge on any atom is -0.409 e. The standard InChI is InChI=1S/C11H19N3O4/c12-10(13-16)9-7-14(4-6-18-9)11(15)8-3-1-2-5-17-8/h8-9,16H,1-7H2,(H2,12,13). The van der Waals surface area contributed by atoms with E-state index in [0.29, 0.717) is 26.3 Å². The minimum atomic E-state index is -0.531. The Morgan fingerprint density at radius 3 is 2.72 bits per heavy atom.